The minimum atomic E-state index is -1.02. The number of carbonyl (C=O) groups is 2. The van der Waals surface area contributed by atoms with Crippen LogP contribution in [0.5, 0.6) is 0 Å². The number of pyridine rings is 1. The summed E-state index contributed by atoms with van der Waals surface area (Å²) in [6.07, 6.45) is 1.49. The Labute approximate surface area is 125 Å². The summed E-state index contributed by atoms with van der Waals surface area (Å²) >= 11 is 0. The van der Waals surface area contributed by atoms with Gasteiger partial charge < -0.3 is 10.6 Å². The van der Waals surface area contributed by atoms with Crippen LogP contribution in [0.2, 0.25) is 0 Å². The molecular weight excluding hydrogens is 288 g/mol. The standard InChI is InChI=1S/C14H12N4O4/c1-9-6-7-15-12(8-9)17-14(20)13(19)16-10-4-2-3-5-11(10)18(21)22/h2-8H,1H3,(H,16,19)(H,15,17,20). The van der Waals surface area contributed by atoms with Crippen LogP contribution in [0.25, 0.3) is 0 Å². The van der Waals surface area contributed by atoms with E-state index >= 15 is 0 Å². The number of hydrogen-bond donors (Lipinski definition) is 2. The van der Waals surface area contributed by atoms with Gasteiger partial charge in [0.15, 0.2) is 0 Å². The Bertz CT molecular complexity index is 745. The number of nitrogens with one attached hydrogen (secondary N) is 2. The first-order chi connectivity index (χ1) is 10.5. The maximum Gasteiger partial charge on any atom is 0.315 e. The molecule has 1 heterocycles. The molecule has 0 aliphatic rings. The Kier molecular flexibility index (Phi) is 4.42. The normalized spacial score (nSPS) is 9.86. The number of hydrogen-bond acceptors (Lipinski definition) is 5. The largest absolute Gasteiger partial charge is 0.315 e. The molecule has 0 atom stereocenters. The molecule has 8 nitrogen and oxygen atoms in total. The number of nitro groups is 1. The molecule has 0 radical (unpaired) electrons. The van der Waals surface area contributed by atoms with Crippen molar-refractivity contribution >= 4 is 29.0 Å². The van der Waals surface area contributed by atoms with Gasteiger partial charge >= 0.3 is 11.8 Å². The van der Waals surface area contributed by atoms with E-state index in [-0.39, 0.29) is 17.2 Å². The topological polar surface area (TPSA) is 114 Å². The number of nitro benzene ring substituents is 1. The first-order valence-corrected chi connectivity index (χ1v) is 6.26. The summed E-state index contributed by atoms with van der Waals surface area (Å²) in [5.41, 5.74) is 0.520. The van der Waals surface area contributed by atoms with E-state index in [0.717, 1.165) is 5.56 Å². The summed E-state index contributed by atoms with van der Waals surface area (Å²) in [6.45, 7) is 1.81. The molecule has 0 saturated heterocycles. The van der Waals surface area contributed by atoms with Crippen LogP contribution in [0.1, 0.15) is 5.56 Å². The van der Waals surface area contributed by atoms with Crippen LogP contribution in [0, 0.1) is 17.0 Å². The van der Waals surface area contributed by atoms with Crippen molar-refractivity contribution in [2.24, 2.45) is 0 Å². The molecular formula is C14H12N4O4. The van der Waals surface area contributed by atoms with Gasteiger partial charge in [-0.15, -0.1) is 0 Å². The molecule has 2 N–H and O–H groups in total. The van der Waals surface area contributed by atoms with Gasteiger partial charge in [-0.2, -0.15) is 0 Å². The number of benzene rings is 1. The van der Waals surface area contributed by atoms with Gasteiger partial charge in [0.25, 0.3) is 5.69 Å². The molecule has 1 aromatic heterocycles. The van der Waals surface area contributed by atoms with Crippen molar-refractivity contribution in [1.29, 1.82) is 0 Å². The molecule has 0 unspecified atom stereocenters. The molecule has 0 fully saturated rings. The Balaban J connectivity index is 2.09. The average molecular weight is 300 g/mol. The van der Waals surface area contributed by atoms with Gasteiger partial charge in [-0.05, 0) is 30.7 Å². The molecule has 0 spiro atoms. The number of carbonyl (C=O) groups excluding carboxylic acids is 2. The fourth-order valence-corrected chi connectivity index (χ4v) is 1.70. The summed E-state index contributed by atoms with van der Waals surface area (Å²) in [5.74, 6) is -1.75. The van der Waals surface area contributed by atoms with Gasteiger partial charge in [-0.25, -0.2) is 4.98 Å². The second-order valence-corrected chi connectivity index (χ2v) is 4.40. The van der Waals surface area contributed by atoms with Crippen molar-refractivity contribution in [3.63, 3.8) is 0 Å². The highest BCUT2D eigenvalue weighted by atomic mass is 16.6. The van der Waals surface area contributed by atoms with E-state index in [1.165, 1.54) is 30.5 Å². The van der Waals surface area contributed by atoms with Crippen LogP contribution in [0.15, 0.2) is 42.6 Å². The summed E-state index contributed by atoms with van der Waals surface area (Å²) in [7, 11) is 0. The maximum atomic E-state index is 11.8. The third-order valence-corrected chi connectivity index (χ3v) is 2.71. The predicted octanol–water partition coefficient (Wildman–Crippen LogP) is 1.88. The molecule has 8 heteroatoms. The Hall–Kier alpha value is -3.29. The van der Waals surface area contributed by atoms with Crippen molar-refractivity contribution in [3.05, 3.63) is 58.3 Å². The highest BCUT2D eigenvalue weighted by Gasteiger charge is 2.19. The number of amides is 2. The maximum absolute atomic E-state index is 11.8. The molecule has 0 aliphatic heterocycles. The van der Waals surface area contributed by atoms with Crippen LogP contribution < -0.4 is 10.6 Å². The molecule has 0 bridgehead atoms. The highest BCUT2D eigenvalue weighted by molar-refractivity contribution is 6.43. The van der Waals surface area contributed by atoms with Crippen LogP contribution >= 0.6 is 0 Å². The molecule has 112 valence electrons. The lowest BCUT2D eigenvalue weighted by Gasteiger charge is -2.06. The van der Waals surface area contributed by atoms with E-state index in [2.05, 4.69) is 15.6 Å². The smallest absolute Gasteiger partial charge is 0.312 e. The van der Waals surface area contributed by atoms with Crippen molar-refractivity contribution in [2.75, 3.05) is 10.6 Å². The van der Waals surface area contributed by atoms with E-state index in [9.17, 15) is 19.7 Å². The quantitative estimate of drug-likeness (QED) is 0.510. The molecule has 22 heavy (non-hydrogen) atoms. The summed E-state index contributed by atoms with van der Waals surface area (Å²) in [4.78, 5) is 37.7. The van der Waals surface area contributed by atoms with E-state index in [4.69, 9.17) is 0 Å². The zero-order chi connectivity index (χ0) is 16.1. The lowest BCUT2D eigenvalue weighted by atomic mass is 10.2. The minimum Gasteiger partial charge on any atom is -0.312 e. The van der Waals surface area contributed by atoms with E-state index in [0.29, 0.717) is 0 Å². The van der Waals surface area contributed by atoms with Gasteiger partial charge in [0, 0.05) is 12.3 Å². The van der Waals surface area contributed by atoms with E-state index < -0.39 is 16.7 Å². The number of anilines is 2. The van der Waals surface area contributed by atoms with E-state index in [1.807, 2.05) is 6.92 Å². The third kappa shape index (κ3) is 3.63. The summed E-state index contributed by atoms with van der Waals surface area (Å²) < 4.78 is 0. The molecule has 0 saturated carbocycles. The fourth-order valence-electron chi connectivity index (χ4n) is 1.70. The predicted molar refractivity (Wildman–Crippen MR) is 79.3 cm³/mol. The number of aryl methyl sites for hydroxylation is 1. The number of aromatic nitrogens is 1. The van der Waals surface area contributed by atoms with Gasteiger partial charge in [0.1, 0.15) is 11.5 Å². The number of para-hydroxylation sites is 2. The van der Waals surface area contributed by atoms with Crippen molar-refractivity contribution in [2.45, 2.75) is 6.92 Å². The van der Waals surface area contributed by atoms with Crippen molar-refractivity contribution in [1.82, 2.24) is 4.98 Å². The van der Waals surface area contributed by atoms with Crippen LogP contribution in [-0.4, -0.2) is 21.7 Å². The lowest BCUT2D eigenvalue weighted by Crippen LogP contribution is -2.29. The molecule has 2 rings (SSSR count). The lowest BCUT2D eigenvalue weighted by molar-refractivity contribution is -0.383. The first-order valence-electron chi connectivity index (χ1n) is 6.26. The van der Waals surface area contributed by atoms with Gasteiger partial charge in [-0.1, -0.05) is 12.1 Å². The van der Waals surface area contributed by atoms with Crippen molar-refractivity contribution < 1.29 is 14.5 Å². The number of nitrogens with zero attached hydrogens (tertiary/aromatic N) is 2. The molecule has 2 aromatic rings. The van der Waals surface area contributed by atoms with Crippen LogP contribution in [-0.2, 0) is 9.59 Å². The summed E-state index contributed by atoms with van der Waals surface area (Å²) in [6, 6.07) is 8.89. The van der Waals surface area contributed by atoms with Gasteiger partial charge in [0.05, 0.1) is 4.92 Å². The van der Waals surface area contributed by atoms with Crippen LogP contribution in [0.4, 0.5) is 17.2 Å². The molecule has 0 aliphatic carbocycles. The second-order valence-electron chi connectivity index (χ2n) is 4.40. The monoisotopic (exact) mass is 300 g/mol. The molecule has 1 aromatic carbocycles. The van der Waals surface area contributed by atoms with Crippen LogP contribution in [0.3, 0.4) is 0 Å². The van der Waals surface area contributed by atoms with Crippen molar-refractivity contribution in [3.8, 4) is 0 Å². The first kappa shape index (κ1) is 15.1. The third-order valence-electron chi connectivity index (χ3n) is 2.71. The SMILES string of the molecule is Cc1ccnc(NC(=O)C(=O)Nc2ccccc2[N+](=O)[O-])c1. The second kappa shape index (κ2) is 6.44. The van der Waals surface area contributed by atoms with Gasteiger partial charge in [-0.3, -0.25) is 19.7 Å². The molecule has 2 amide bonds. The van der Waals surface area contributed by atoms with E-state index in [1.54, 1.807) is 12.1 Å². The Morgan fingerprint density at radius 3 is 2.50 bits per heavy atom. The minimum absolute atomic E-state index is 0.0511. The fraction of sp³-hybridized carbons (Fsp3) is 0.0714. The average Bonchev–Trinajstić information content (AvgIpc) is 2.47. The zero-order valence-corrected chi connectivity index (χ0v) is 11.6. The summed E-state index contributed by atoms with van der Waals surface area (Å²) in [5, 5.41) is 15.4. The van der Waals surface area contributed by atoms with Gasteiger partial charge in [0.2, 0.25) is 0 Å². The Morgan fingerprint density at radius 2 is 1.82 bits per heavy atom. The Morgan fingerprint density at radius 1 is 1.14 bits per heavy atom. The zero-order valence-electron chi connectivity index (χ0n) is 11.6. The number of rotatable bonds is 3. The highest BCUT2D eigenvalue weighted by Crippen LogP contribution is 2.23.